The summed E-state index contributed by atoms with van der Waals surface area (Å²) in [5.74, 6) is -0.705. The van der Waals surface area contributed by atoms with Crippen molar-refractivity contribution in [3.05, 3.63) is 65.4 Å². The lowest BCUT2D eigenvalue weighted by molar-refractivity contribution is 0.0315. The van der Waals surface area contributed by atoms with Crippen LogP contribution in [0.5, 0.6) is 5.75 Å². The fourth-order valence-corrected chi connectivity index (χ4v) is 5.17. The number of nitrogens with zero attached hydrogens (tertiary/aromatic N) is 2. The monoisotopic (exact) mass is 519 g/mol. The van der Waals surface area contributed by atoms with E-state index in [1.165, 1.54) is 25.4 Å². The van der Waals surface area contributed by atoms with Gasteiger partial charge in [0.2, 0.25) is 0 Å². The topological polar surface area (TPSA) is 57.6 Å². The van der Waals surface area contributed by atoms with Crippen LogP contribution in [0.2, 0.25) is 0 Å². The molecule has 0 radical (unpaired) electrons. The standard InChI is InChI=1S/C28H33F4N3O2/c1-37-23-2-3-26-24(15-23)27(19(16-29)17-34-26)25(32)4-5-28(18-36)6-9-35(10-7-28)11-8-33-22-13-20(30)12-21(31)14-22/h2-3,12-15,17,25,33,36H,4-11,16,18H2,1H3/t25-/m1/s1. The van der Waals surface area contributed by atoms with Crippen LogP contribution in [-0.2, 0) is 6.67 Å². The summed E-state index contributed by atoms with van der Waals surface area (Å²) in [5, 5.41) is 13.8. The molecule has 0 unspecified atom stereocenters. The van der Waals surface area contributed by atoms with Crippen LogP contribution in [0, 0.1) is 17.0 Å². The smallest absolute Gasteiger partial charge is 0.128 e. The predicted octanol–water partition coefficient (Wildman–Crippen LogP) is 5.97. The summed E-state index contributed by atoms with van der Waals surface area (Å²) in [4.78, 5) is 6.48. The number of hydrogen-bond donors (Lipinski definition) is 2. The first-order valence-electron chi connectivity index (χ1n) is 12.5. The second kappa shape index (κ2) is 12.1. The minimum atomic E-state index is -1.40. The summed E-state index contributed by atoms with van der Waals surface area (Å²) in [7, 11) is 1.52. The van der Waals surface area contributed by atoms with Gasteiger partial charge in [-0.2, -0.15) is 0 Å². The van der Waals surface area contributed by atoms with Gasteiger partial charge in [-0.15, -0.1) is 0 Å². The van der Waals surface area contributed by atoms with Crippen LogP contribution in [0.15, 0.2) is 42.6 Å². The van der Waals surface area contributed by atoms with Crippen LogP contribution in [0.25, 0.3) is 10.9 Å². The zero-order chi connectivity index (χ0) is 26.4. The molecule has 2 heterocycles. The van der Waals surface area contributed by atoms with Gasteiger partial charge in [-0.05, 0) is 74.5 Å². The van der Waals surface area contributed by atoms with Gasteiger partial charge in [-0.1, -0.05) is 0 Å². The van der Waals surface area contributed by atoms with Crippen LogP contribution in [-0.4, -0.2) is 54.9 Å². The van der Waals surface area contributed by atoms with Gasteiger partial charge in [-0.25, -0.2) is 17.6 Å². The van der Waals surface area contributed by atoms with Crippen molar-refractivity contribution in [2.75, 3.05) is 45.2 Å². The number of methoxy groups -OCH3 is 1. The molecule has 1 saturated heterocycles. The van der Waals surface area contributed by atoms with Gasteiger partial charge >= 0.3 is 0 Å². The lowest BCUT2D eigenvalue weighted by Gasteiger charge is -2.41. The Hall–Kier alpha value is -2.91. The normalized spacial score (nSPS) is 16.6. The van der Waals surface area contributed by atoms with Crippen molar-refractivity contribution in [2.24, 2.45) is 5.41 Å². The first-order valence-corrected chi connectivity index (χ1v) is 12.5. The Morgan fingerprint density at radius 2 is 1.86 bits per heavy atom. The fraction of sp³-hybridized carbons (Fsp3) is 0.464. The summed E-state index contributed by atoms with van der Waals surface area (Å²) < 4.78 is 61.4. The molecule has 1 aliphatic rings. The number of nitrogens with one attached hydrogen (secondary N) is 1. The van der Waals surface area contributed by atoms with Crippen molar-refractivity contribution in [3.8, 4) is 5.75 Å². The third-order valence-corrected chi connectivity index (χ3v) is 7.46. The van der Waals surface area contributed by atoms with Gasteiger partial charge in [0.05, 0.1) is 12.6 Å². The molecule has 4 rings (SSSR count). The van der Waals surface area contributed by atoms with E-state index in [0.29, 0.717) is 60.3 Å². The predicted molar refractivity (Wildman–Crippen MR) is 136 cm³/mol. The van der Waals surface area contributed by atoms with E-state index in [9.17, 15) is 18.3 Å². The zero-order valence-electron chi connectivity index (χ0n) is 21.0. The van der Waals surface area contributed by atoms with Crippen molar-refractivity contribution >= 4 is 16.6 Å². The van der Waals surface area contributed by atoms with Crippen molar-refractivity contribution in [2.45, 2.75) is 38.5 Å². The molecule has 1 aliphatic heterocycles. The highest BCUT2D eigenvalue weighted by Crippen LogP contribution is 2.41. The number of hydrogen-bond acceptors (Lipinski definition) is 5. The minimum absolute atomic E-state index is 0.0464. The second-order valence-corrected chi connectivity index (χ2v) is 9.80. The van der Waals surface area contributed by atoms with Gasteiger partial charge in [0.25, 0.3) is 0 Å². The van der Waals surface area contributed by atoms with Crippen LogP contribution >= 0.6 is 0 Å². The Bertz CT molecular complexity index is 1180. The van der Waals surface area contributed by atoms with E-state index >= 15 is 4.39 Å². The van der Waals surface area contributed by atoms with E-state index < -0.39 is 29.9 Å². The average Bonchev–Trinajstić information content (AvgIpc) is 2.91. The van der Waals surface area contributed by atoms with Crippen LogP contribution in [0.1, 0.15) is 43.0 Å². The molecule has 0 amide bonds. The Morgan fingerprint density at radius 1 is 1.14 bits per heavy atom. The second-order valence-electron chi connectivity index (χ2n) is 9.80. The first-order chi connectivity index (χ1) is 17.9. The molecule has 5 nitrogen and oxygen atoms in total. The Balaban J connectivity index is 1.35. The zero-order valence-corrected chi connectivity index (χ0v) is 21.0. The van der Waals surface area contributed by atoms with Crippen molar-refractivity contribution < 1.29 is 27.4 Å². The van der Waals surface area contributed by atoms with Gasteiger partial charge in [-0.3, -0.25) is 4.98 Å². The molecule has 3 aromatic rings. The lowest BCUT2D eigenvalue weighted by Crippen LogP contribution is -2.43. The number of aromatic nitrogens is 1. The van der Waals surface area contributed by atoms with Gasteiger partial charge < -0.3 is 20.1 Å². The van der Waals surface area contributed by atoms with Crippen LogP contribution in [0.4, 0.5) is 23.2 Å². The number of aliphatic hydroxyl groups is 1. The minimum Gasteiger partial charge on any atom is -0.497 e. The molecule has 0 aliphatic carbocycles. The molecule has 1 fully saturated rings. The first kappa shape index (κ1) is 27.1. The average molecular weight is 520 g/mol. The highest BCUT2D eigenvalue weighted by molar-refractivity contribution is 5.85. The van der Waals surface area contributed by atoms with E-state index in [-0.39, 0.29) is 18.6 Å². The number of piperidine rings is 1. The highest BCUT2D eigenvalue weighted by atomic mass is 19.1. The SMILES string of the molecule is COc1ccc2ncc(CF)c([C@H](F)CCC3(CO)CCN(CCNc4cc(F)cc(F)c4)CC3)c2c1. The molecule has 0 bridgehead atoms. The molecule has 0 saturated carbocycles. The molecule has 200 valence electrons. The summed E-state index contributed by atoms with van der Waals surface area (Å²) in [6, 6.07) is 8.49. The molecule has 2 aromatic carbocycles. The maximum absolute atomic E-state index is 15.7. The largest absolute Gasteiger partial charge is 0.497 e. The van der Waals surface area contributed by atoms with Gasteiger partial charge in [0, 0.05) is 54.2 Å². The lowest BCUT2D eigenvalue weighted by atomic mass is 9.74. The molecule has 9 heteroatoms. The van der Waals surface area contributed by atoms with E-state index in [1.807, 2.05) is 0 Å². The molecular weight excluding hydrogens is 486 g/mol. The van der Waals surface area contributed by atoms with Crippen molar-refractivity contribution in [3.63, 3.8) is 0 Å². The maximum Gasteiger partial charge on any atom is 0.128 e. The summed E-state index contributed by atoms with van der Waals surface area (Å²) in [6.45, 7) is 1.79. The highest BCUT2D eigenvalue weighted by Gasteiger charge is 2.35. The van der Waals surface area contributed by atoms with Crippen molar-refractivity contribution in [1.82, 2.24) is 9.88 Å². The quantitative estimate of drug-likeness (QED) is 0.306. The molecular formula is C28H33F4N3O2. The van der Waals surface area contributed by atoms with E-state index in [0.717, 1.165) is 19.2 Å². The van der Waals surface area contributed by atoms with Crippen LogP contribution < -0.4 is 10.1 Å². The summed E-state index contributed by atoms with van der Waals surface area (Å²) >= 11 is 0. The van der Waals surface area contributed by atoms with E-state index in [2.05, 4.69) is 15.2 Å². The number of pyridine rings is 1. The number of alkyl halides is 2. The number of likely N-dealkylation sites (tertiary alicyclic amines) is 1. The summed E-state index contributed by atoms with van der Waals surface area (Å²) in [5.41, 5.74) is 1.09. The molecule has 1 aromatic heterocycles. The number of fused-ring (bicyclic) bond motifs is 1. The third kappa shape index (κ3) is 6.51. The summed E-state index contributed by atoms with van der Waals surface area (Å²) in [6.07, 6.45) is 2.02. The Kier molecular flexibility index (Phi) is 8.87. The number of benzene rings is 2. The Labute approximate surface area is 214 Å². The number of rotatable bonds is 11. The molecule has 37 heavy (non-hydrogen) atoms. The van der Waals surface area contributed by atoms with E-state index in [4.69, 9.17) is 4.74 Å². The van der Waals surface area contributed by atoms with Crippen LogP contribution in [0.3, 0.4) is 0 Å². The molecule has 0 spiro atoms. The number of halogens is 4. The third-order valence-electron chi connectivity index (χ3n) is 7.46. The van der Waals surface area contributed by atoms with Gasteiger partial charge in [0.15, 0.2) is 0 Å². The maximum atomic E-state index is 15.7. The van der Waals surface area contributed by atoms with Crippen molar-refractivity contribution in [1.29, 1.82) is 0 Å². The fourth-order valence-electron chi connectivity index (χ4n) is 5.17. The molecule has 1 atom stereocenters. The number of ether oxygens (including phenoxy) is 1. The molecule has 2 N–H and O–H groups in total. The van der Waals surface area contributed by atoms with Gasteiger partial charge in [0.1, 0.15) is 30.2 Å². The Morgan fingerprint density at radius 3 is 2.51 bits per heavy atom. The number of aliphatic hydroxyl groups excluding tert-OH is 1. The number of anilines is 1. The van der Waals surface area contributed by atoms with E-state index in [1.54, 1.807) is 18.2 Å².